The van der Waals surface area contributed by atoms with Gasteiger partial charge in [0.1, 0.15) is 23.7 Å². The molecule has 4 aromatic rings. The van der Waals surface area contributed by atoms with E-state index in [0.717, 1.165) is 44.7 Å². The van der Waals surface area contributed by atoms with Crippen molar-refractivity contribution in [2.75, 3.05) is 60.1 Å². The van der Waals surface area contributed by atoms with Crippen molar-refractivity contribution in [3.63, 3.8) is 0 Å². The zero-order valence-electron chi connectivity index (χ0n) is 42.5. The van der Waals surface area contributed by atoms with Crippen LogP contribution in [-0.4, -0.2) is 148 Å². The molecule has 0 unspecified atom stereocenters. The Hall–Kier alpha value is -4.29. The first-order chi connectivity index (χ1) is 32.5. The summed E-state index contributed by atoms with van der Waals surface area (Å²) in [4.78, 5) is 84.2. The van der Waals surface area contributed by atoms with Crippen LogP contribution in [-0.2, 0) is 52.8 Å². The van der Waals surface area contributed by atoms with E-state index in [1.165, 1.54) is 27.3 Å². The fraction of sp³-hybridized carbons (Fsp3) is 0.540. The number of methoxy groups -OCH3 is 1. The first kappa shape index (κ1) is 60.3. The van der Waals surface area contributed by atoms with Crippen LogP contribution in [0.3, 0.4) is 0 Å². The lowest BCUT2D eigenvalue weighted by Crippen LogP contribution is -2.72. The number of fused-ring (bicyclic) bond motifs is 6. The third-order valence-electron chi connectivity index (χ3n) is 13.7. The molecule has 3 fully saturated rings. The van der Waals surface area contributed by atoms with Crippen LogP contribution in [0, 0.1) is 11.3 Å². The van der Waals surface area contributed by atoms with E-state index in [-0.39, 0.29) is 104 Å². The Morgan fingerprint density at radius 1 is 1.07 bits per heavy atom. The van der Waals surface area contributed by atoms with Gasteiger partial charge in [0.25, 0.3) is 5.91 Å². The highest BCUT2D eigenvalue weighted by Crippen LogP contribution is 2.42. The number of hydrogen-bond donors (Lipinski definition) is 2. The van der Waals surface area contributed by atoms with Crippen molar-refractivity contribution in [1.29, 1.82) is 0 Å². The van der Waals surface area contributed by atoms with Gasteiger partial charge in [0.2, 0.25) is 11.8 Å². The number of thiazole rings is 1. The summed E-state index contributed by atoms with van der Waals surface area (Å²) in [5.41, 5.74) is 8.55. The number of likely N-dealkylation sites (tertiary alicyclic amines) is 1. The van der Waals surface area contributed by atoms with Gasteiger partial charge in [-0.15, -0.1) is 11.3 Å². The molecule has 7 heterocycles. The molecule has 0 saturated carbocycles. The first-order valence-electron chi connectivity index (χ1n) is 23.7. The Morgan fingerprint density at radius 3 is 2.47 bits per heavy atom. The minimum atomic E-state index is -1.10. The van der Waals surface area contributed by atoms with E-state index in [9.17, 15) is 24.0 Å². The van der Waals surface area contributed by atoms with Gasteiger partial charge in [-0.1, -0.05) is 40.3 Å². The Morgan fingerprint density at radius 2 is 1.79 bits per heavy atom. The second-order valence-corrected chi connectivity index (χ2v) is 20.6. The van der Waals surface area contributed by atoms with Gasteiger partial charge in [-0.2, -0.15) is 54.0 Å². The molecule has 4 aliphatic rings. The molecule has 72 heavy (non-hydrogen) atoms. The van der Waals surface area contributed by atoms with Gasteiger partial charge in [-0.05, 0) is 74.9 Å². The summed E-state index contributed by atoms with van der Waals surface area (Å²) in [5.74, 6) is -1.92. The largest absolute Gasteiger partial charge is 0.464 e. The highest BCUT2D eigenvalue weighted by Gasteiger charge is 2.50. The summed E-state index contributed by atoms with van der Waals surface area (Å²) in [5, 5.41) is 8.10. The topological polar surface area (TPSA) is 181 Å². The number of amides is 5. The smallest absolute Gasteiger partial charge is 0.324 e. The molecule has 4 atom stereocenters. The van der Waals surface area contributed by atoms with Crippen molar-refractivity contribution in [1.82, 2.24) is 45.0 Å². The maximum Gasteiger partial charge on any atom is 0.324 e. The standard InChI is InChI=1S/C50H65N9O8S.4H2S/c1-10-41(60)57-27-50(28-57)26-56(20-21-67-50)48(64)55(8)43(30(3)4)45(61)53-37-23-40-52-38(25-68-40)32-16-17-39-34(22-32)35(44(58(39)11-2)33-14-12-18-51-42(33)31(5)65-9)24-49(6,7)29-66-47(63)36-15-13-19-59(54-36)46(37)62;;;;/h10,12,14,16-18,22,25,30-31,36-37,43,54H,1,11,13,15,19-21,23-24,26-29H2,2-9H3,(H,53,61);4*1H2/t31-,36-,37-,43-;;;;/m0..../s1. The Labute approximate surface area is 454 Å². The molecule has 17 nitrogen and oxygen atoms in total. The van der Waals surface area contributed by atoms with Crippen molar-refractivity contribution in [3.8, 4) is 22.5 Å². The van der Waals surface area contributed by atoms with E-state index in [1.54, 1.807) is 30.2 Å². The number of aryl methyl sites for hydroxylation is 1. The zero-order valence-corrected chi connectivity index (χ0v) is 47.3. The van der Waals surface area contributed by atoms with Crippen LogP contribution >= 0.6 is 65.3 Å². The van der Waals surface area contributed by atoms with Gasteiger partial charge in [-0.3, -0.25) is 29.2 Å². The first-order valence-corrected chi connectivity index (χ1v) is 24.5. The number of cyclic esters (lactones) is 1. The Bertz CT molecular complexity index is 2600. The molecule has 0 aliphatic carbocycles. The number of benzene rings is 1. The van der Waals surface area contributed by atoms with Crippen molar-refractivity contribution in [3.05, 3.63) is 70.8 Å². The van der Waals surface area contributed by atoms with Crippen molar-refractivity contribution in [2.24, 2.45) is 11.3 Å². The number of carbonyl (C=O) groups is 5. The van der Waals surface area contributed by atoms with Crippen molar-refractivity contribution in [2.45, 2.75) is 104 Å². The summed E-state index contributed by atoms with van der Waals surface area (Å²) in [7, 11) is 3.28. The molecule has 2 N–H and O–H groups in total. The third kappa shape index (κ3) is 12.3. The molecule has 22 heteroatoms. The van der Waals surface area contributed by atoms with E-state index in [2.05, 4.69) is 66.9 Å². The molecule has 3 aromatic heterocycles. The van der Waals surface area contributed by atoms with Crippen LogP contribution in [0.25, 0.3) is 33.4 Å². The number of carbonyl (C=O) groups excluding carboxylic acids is 5. The van der Waals surface area contributed by atoms with Crippen LogP contribution in [0.4, 0.5) is 4.79 Å². The van der Waals surface area contributed by atoms with E-state index >= 15 is 0 Å². The third-order valence-corrected chi connectivity index (χ3v) is 14.6. The average Bonchev–Trinajstić information content (AvgIpc) is 3.92. The van der Waals surface area contributed by atoms with Crippen LogP contribution in [0.1, 0.15) is 76.8 Å². The lowest BCUT2D eigenvalue weighted by Gasteiger charge is -2.53. The highest BCUT2D eigenvalue weighted by molar-refractivity contribution is 7.59. The number of nitrogens with one attached hydrogen (secondary N) is 2. The average molecular weight is 1090 g/mol. The molecule has 1 aromatic carbocycles. The van der Waals surface area contributed by atoms with Gasteiger partial charge in [0, 0.05) is 79.2 Å². The maximum atomic E-state index is 14.7. The monoisotopic (exact) mass is 1090 g/mol. The molecule has 3 saturated heterocycles. The molecule has 4 aliphatic heterocycles. The molecule has 396 valence electrons. The minimum absolute atomic E-state index is 0. The number of ether oxygens (including phenoxy) is 3. The van der Waals surface area contributed by atoms with Crippen LogP contribution in [0.15, 0.2) is 54.6 Å². The number of esters is 1. The number of morpholine rings is 1. The van der Waals surface area contributed by atoms with Crippen molar-refractivity contribution < 1.29 is 38.2 Å². The zero-order chi connectivity index (χ0) is 48.7. The van der Waals surface area contributed by atoms with E-state index in [1.807, 2.05) is 32.2 Å². The summed E-state index contributed by atoms with van der Waals surface area (Å²) >= 11 is 1.40. The number of hydrogen-bond acceptors (Lipinski definition) is 12. The number of rotatable bonds is 9. The number of hydrazine groups is 1. The van der Waals surface area contributed by atoms with Gasteiger partial charge in [0.15, 0.2) is 0 Å². The Balaban J connectivity index is 0.00000281. The molecule has 5 amide bonds. The van der Waals surface area contributed by atoms with Crippen LogP contribution in [0.2, 0.25) is 0 Å². The SMILES string of the molecule is C=CC(=O)N1CC2(C1)CN(C(=O)N(C)[C@H](C(=O)N[C@H]1Cc3nc(cs3)-c3ccc4c(c3)c(c(-c3cccnc3[C@H](C)OC)n4CC)CC(C)(C)COC(=O)[C@@H]3CCCN(N3)C1=O)C(C)C)CCO2.S.S.S.S. The number of aromatic nitrogens is 3. The van der Waals surface area contributed by atoms with Gasteiger partial charge >= 0.3 is 12.0 Å². The molecule has 6 bridgehead atoms. The van der Waals surface area contributed by atoms with E-state index < -0.39 is 46.9 Å². The van der Waals surface area contributed by atoms with Crippen LogP contribution in [0.5, 0.6) is 0 Å². The van der Waals surface area contributed by atoms with Gasteiger partial charge in [-0.25, -0.2) is 15.2 Å². The lowest BCUT2D eigenvalue weighted by atomic mass is 9.84. The maximum absolute atomic E-state index is 14.7. The lowest BCUT2D eigenvalue weighted by molar-refractivity contribution is -0.184. The quantitative estimate of drug-likeness (QED) is 0.152. The number of nitrogens with zero attached hydrogens (tertiary/aromatic N) is 7. The molecular formula is C50H73N9O8S5. The van der Waals surface area contributed by atoms with Crippen molar-refractivity contribution >= 4 is 106 Å². The van der Waals surface area contributed by atoms with Gasteiger partial charge in [0.05, 0.1) is 61.0 Å². The molecule has 0 radical (unpaired) electrons. The van der Waals surface area contributed by atoms with Crippen LogP contribution < -0.4 is 10.7 Å². The second kappa shape index (κ2) is 24.8. The Kier molecular flexibility index (Phi) is 20.8. The summed E-state index contributed by atoms with van der Waals surface area (Å²) in [6.45, 7) is 18.3. The minimum Gasteiger partial charge on any atom is -0.464 e. The second-order valence-electron chi connectivity index (χ2n) is 19.7. The summed E-state index contributed by atoms with van der Waals surface area (Å²) in [6, 6.07) is 7.20. The molecule has 1 spiro atoms. The van der Waals surface area contributed by atoms with E-state index in [0.29, 0.717) is 57.0 Å². The predicted molar refractivity (Wildman–Crippen MR) is 300 cm³/mol. The van der Waals surface area contributed by atoms with Gasteiger partial charge < -0.3 is 38.8 Å². The number of likely N-dealkylation sites (N-methyl/N-ethyl adjacent to an activating group) is 1. The predicted octanol–water partition coefficient (Wildman–Crippen LogP) is 5.83. The summed E-state index contributed by atoms with van der Waals surface area (Å²) in [6.07, 6.45) is 4.42. The number of pyridine rings is 1. The molecule has 8 rings (SSSR count). The van der Waals surface area contributed by atoms with E-state index in [4.69, 9.17) is 24.2 Å². The number of urea groups is 1. The normalized spacial score (nSPS) is 20.3. The summed E-state index contributed by atoms with van der Waals surface area (Å²) < 4.78 is 20.3. The molecular weight excluding hydrogens is 1010 g/mol. The highest BCUT2D eigenvalue weighted by atomic mass is 32.1. The fourth-order valence-electron chi connectivity index (χ4n) is 10.2. The fourth-order valence-corrected chi connectivity index (χ4v) is 11.1.